The Balaban J connectivity index is 1.57. The van der Waals surface area contributed by atoms with Gasteiger partial charge in [0.05, 0.1) is 0 Å². The van der Waals surface area contributed by atoms with E-state index in [2.05, 4.69) is 82.1 Å². The number of hydrogen-bond donors (Lipinski definition) is 1. The highest BCUT2D eigenvalue weighted by molar-refractivity contribution is 6.33. The molecule has 3 aromatic rings. The second-order valence-corrected chi connectivity index (χ2v) is 9.89. The lowest BCUT2D eigenvalue weighted by atomic mass is 10.0. The molecular formula is C27H27Cl2N. The maximum atomic E-state index is 6.50. The highest BCUT2D eigenvalue weighted by Crippen LogP contribution is 2.67. The predicted octanol–water partition coefficient (Wildman–Crippen LogP) is 8.64. The van der Waals surface area contributed by atoms with Crippen LogP contribution in [0.25, 0.3) is 11.1 Å². The molecule has 0 heterocycles. The maximum Gasteiger partial charge on any atom is 0.0485 e. The summed E-state index contributed by atoms with van der Waals surface area (Å²) in [5.41, 5.74) is 8.00. The molecule has 3 heteroatoms. The van der Waals surface area contributed by atoms with Crippen LogP contribution < -0.4 is 5.32 Å². The van der Waals surface area contributed by atoms with Gasteiger partial charge in [0.2, 0.25) is 0 Å². The van der Waals surface area contributed by atoms with E-state index in [9.17, 15) is 0 Å². The van der Waals surface area contributed by atoms with E-state index in [1.807, 2.05) is 18.2 Å². The van der Waals surface area contributed by atoms with Crippen LogP contribution in [0.1, 0.15) is 36.5 Å². The van der Waals surface area contributed by atoms with Crippen LogP contribution in [-0.2, 0) is 0 Å². The fourth-order valence-corrected chi connectivity index (χ4v) is 5.20. The second-order valence-electron chi connectivity index (χ2n) is 9.05. The summed E-state index contributed by atoms with van der Waals surface area (Å²) >= 11 is 12.8. The molecule has 0 spiro atoms. The summed E-state index contributed by atoms with van der Waals surface area (Å²) in [4.78, 5) is 0. The van der Waals surface area contributed by atoms with E-state index in [0.29, 0.717) is 11.8 Å². The molecule has 30 heavy (non-hydrogen) atoms. The zero-order chi connectivity index (χ0) is 21.6. The number of hydrogen-bond acceptors (Lipinski definition) is 1. The Morgan fingerprint density at radius 2 is 1.60 bits per heavy atom. The highest BCUT2D eigenvalue weighted by Gasteiger charge is 2.59. The molecule has 4 rings (SSSR count). The molecule has 1 saturated carbocycles. The first-order valence-electron chi connectivity index (χ1n) is 10.3. The van der Waals surface area contributed by atoms with E-state index in [4.69, 9.17) is 23.2 Å². The number of nitrogens with one attached hydrogen (secondary N) is 1. The Bertz CT molecular complexity index is 1090. The fourth-order valence-electron chi connectivity index (χ4n) is 4.67. The van der Waals surface area contributed by atoms with Gasteiger partial charge in [0.25, 0.3) is 0 Å². The molecule has 0 bridgehead atoms. The van der Waals surface area contributed by atoms with Gasteiger partial charge < -0.3 is 5.32 Å². The molecule has 1 aliphatic rings. The van der Waals surface area contributed by atoms with Crippen LogP contribution in [0.3, 0.4) is 0 Å². The molecule has 3 aromatic carbocycles. The lowest BCUT2D eigenvalue weighted by Crippen LogP contribution is -2.04. The van der Waals surface area contributed by atoms with Gasteiger partial charge in [0.15, 0.2) is 0 Å². The highest BCUT2D eigenvalue weighted by atomic mass is 35.5. The summed E-state index contributed by atoms with van der Waals surface area (Å²) in [7, 11) is 0. The topological polar surface area (TPSA) is 12.0 Å². The van der Waals surface area contributed by atoms with Crippen LogP contribution in [0.15, 0.2) is 72.9 Å². The van der Waals surface area contributed by atoms with E-state index < -0.39 is 0 Å². The molecular weight excluding hydrogens is 409 g/mol. The average Bonchev–Trinajstić information content (AvgIpc) is 3.25. The largest absolute Gasteiger partial charge is 0.359 e. The van der Waals surface area contributed by atoms with Crippen molar-refractivity contribution in [3.8, 4) is 11.1 Å². The third-order valence-corrected chi connectivity index (χ3v) is 6.81. The molecule has 0 aromatic heterocycles. The molecule has 0 radical (unpaired) electrons. The minimum atomic E-state index is 0.132. The van der Waals surface area contributed by atoms with Gasteiger partial charge in [-0.15, -0.1) is 0 Å². The van der Waals surface area contributed by atoms with E-state index in [-0.39, 0.29) is 5.41 Å². The Hall–Kier alpha value is -2.22. The first-order chi connectivity index (χ1) is 14.2. The van der Waals surface area contributed by atoms with Gasteiger partial charge >= 0.3 is 0 Å². The van der Waals surface area contributed by atoms with E-state index in [1.54, 1.807) is 0 Å². The number of allylic oxidation sites excluding steroid dienone is 1. The van der Waals surface area contributed by atoms with Gasteiger partial charge in [0.1, 0.15) is 0 Å². The smallest absolute Gasteiger partial charge is 0.0485 e. The van der Waals surface area contributed by atoms with Crippen molar-refractivity contribution in [1.82, 2.24) is 0 Å². The number of benzene rings is 3. The molecule has 2 unspecified atom stereocenters. The van der Waals surface area contributed by atoms with Gasteiger partial charge in [-0.1, -0.05) is 79.5 Å². The first kappa shape index (κ1) is 21.0. The second kappa shape index (κ2) is 7.80. The number of rotatable bonds is 5. The molecule has 1 fully saturated rings. The summed E-state index contributed by atoms with van der Waals surface area (Å²) in [6.07, 6.45) is 0. The first-order valence-corrected chi connectivity index (χ1v) is 11.0. The van der Waals surface area contributed by atoms with Crippen molar-refractivity contribution in [2.45, 2.75) is 33.6 Å². The quantitative estimate of drug-likeness (QED) is 0.422. The van der Waals surface area contributed by atoms with Gasteiger partial charge in [-0.25, -0.2) is 0 Å². The van der Waals surface area contributed by atoms with E-state index in [1.165, 1.54) is 16.7 Å². The Labute approximate surface area is 189 Å². The Morgan fingerprint density at radius 3 is 2.27 bits per heavy atom. The maximum absolute atomic E-state index is 6.50. The zero-order valence-corrected chi connectivity index (χ0v) is 19.4. The Kier molecular flexibility index (Phi) is 5.46. The van der Waals surface area contributed by atoms with Crippen molar-refractivity contribution in [2.24, 2.45) is 11.3 Å². The summed E-state index contributed by atoms with van der Waals surface area (Å²) in [5, 5.41) is 5.09. The van der Waals surface area contributed by atoms with E-state index in [0.717, 1.165) is 32.6 Å². The van der Waals surface area contributed by atoms with Gasteiger partial charge in [-0.2, -0.15) is 0 Å². The summed E-state index contributed by atoms with van der Waals surface area (Å²) in [6, 6.07) is 20.8. The average molecular weight is 436 g/mol. The number of halogens is 2. The number of aryl methyl sites for hydroxylation is 2. The zero-order valence-electron chi connectivity index (χ0n) is 17.9. The molecule has 0 saturated heterocycles. The van der Waals surface area contributed by atoms with Crippen molar-refractivity contribution >= 4 is 28.9 Å². The van der Waals surface area contributed by atoms with Crippen LogP contribution in [-0.4, -0.2) is 0 Å². The standard InChI is InChI=1S/C27H27Cl2N/c1-16-6-8-19(9-7-16)23-15-22(10-11-24(23)29)30-18(3)25-26(27(25,4)5)20-12-17(2)13-21(28)14-20/h6-15,25-26,30H,3H2,1-2,4-5H3. The molecule has 2 atom stereocenters. The van der Waals surface area contributed by atoms with Gasteiger partial charge in [-0.05, 0) is 72.2 Å². The SMILES string of the molecule is C=C(Nc1ccc(Cl)c(-c2ccc(C)cc2)c1)C1C(c2cc(C)cc(Cl)c2)C1(C)C. The number of anilines is 1. The summed E-state index contributed by atoms with van der Waals surface area (Å²) in [6.45, 7) is 13.2. The molecule has 1 aliphatic carbocycles. The van der Waals surface area contributed by atoms with Crippen LogP contribution in [0.4, 0.5) is 5.69 Å². The van der Waals surface area contributed by atoms with Crippen molar-refractivity contribution in [3.63, 3.8) is 0 Å². The van der Waals surface area contributed by atoms with Crippen molar-refractivity contribution < 1.29 is 0 Å². The molecule has 1 nitrogen and oxygen atoms in total. The summed E-state index contributed by atoms with van der Waals surface area (Å²) < 4.78 is 0. The lowest BCUT2D eigenvalue weighted by molar-refractivity contribution is 0.585. The van der Waals surface area contributed by atoms with Crippen LogP contribution in [0.5, 0.6) is 0 Å². The molecule has 1 N–H and O–H groups in total. The lowest BCUT2D eigenvalue weighted by Gasteiger charge is -2.14. The van der Waals surface area contributed by atoms with Crippen molar-refractivity contribution in [3.05, 3.63) is 99.7 Å². The normalized spacial score (nSPS) is 19.4. The molecule has 154 valence electrons. The molecule has 0 aliphatic heterocycles. The fraction of sp³-hybridized carbons (Fsp3) is 0.259. The van der Waals surface area contributed by atoms with Crippen LogP contribution in [0, 0.1) is 25.2 Å². The van der Waals surface area contributed by atoms with E-state index >= 15 is 0 Å². The Morgan fingerprint density at radius 1 is 0.900 bits per heavy atom. The van der Waals surface area contributed by atoms with Crippen LogP contribution >= 0.6 is 23.2 Å². The van der Waals surface area contributed by atoms with Gasteiger partial charge in [-0.3, -0.25) is 0 Å². The molecule has 0 amide bonds. The summed E-state index contributed by atoms with van der Waals surface area (Å²) in [5.74, 6) is 0.743. The predicted molar refractivity (Wildman–Crippen MR) is 131 cm³/mol. The van der Waals surface area contributed by atoms with Gasteiger partial charge in [0, 0.05) is 32.9 Å². The monoisotopic (exact) mass is 435 g/mol. The third kappa shape index (κ3) is 4.02. The third-order valence-electron chi connectivity index (χ3n) is 6.26. The minimum absolute atomic E-state index is 0.132. The van der Waals surface area contributed by atoms with Crippen LogP contribution in [0.2, 0.25) is 10.0 Å². The van der Waals surface area contributed by atoms with Crippen molar-refractivity contribution in [2.75, 3.05) is 5.32 Å². The minimum Gasteiger partial charge on any atom is -0.359 e. The van der Waals surface area contributed by atoms with Crippen molar-refractivity contribution in [1.29, 1.82) is 0 Å².